The van der Waals surface area contributed by atoms with Crippen molar-refractivity contribution in [1.82, 2.24) is 4.98 Å². The van der Waals surface area contributed by atoms with Crippen LogP contribution in [0.1, 0.15) is 49.4 Å². The predicted octanol–water partition coefficient (Wildman–Crippen LogP) is 2.58. The van der Waals surface area contributed by atoms with Gasteiger partial charge in [-0.25, -0.2) is 0 Å². The monoisotopic (exact) mass is 234 g/mol. The fraction of sp³-hybridized carbons (Fsp3) is 0.571. The minimum Gasteiger partial charge on any atom is -0.366 e. The highest BCUT2D eigenvalue weighted by Gasteiger charge is 2.09. The number of primary amides is 1. The number of aromatic nitrogens is 1. The number of nitrogens with zero attached hydrogens (tertiary/aromatic N) is 1. The highest BCUT2D eigenvalue weighted by atomic mass is 16.1. The van der Waals surface area contributed by atoms with Crippen molar-refractivity contribution in [2.45, 2.75) is 40.5 Å². The summed E-state index contributed by atoms with van der Waals surface area (Å²) in [5.74, 6) is 0.678. The predicted molar refractivity (Wildman–Crippen MR) is 69.8 cm³/mol. The van der Waals surface area contributed by atoms with Crippen LogP contribution in [0.15, 0.2) is 12.1 Å². The Kier molecular flexibility index (Phi) is 4.67. The summed E-state index contributed by atoms with van der Waals surface area (Å²) in [6.07, 6.45) is 1.76. The molecule has 0 unspecified atom stereocenters. The molecule has 0 spiro atoms. The van der Waals surface area contributed by atoms with Gasteiger partial charge in [-0.3, -0.25) is 9.78 Å². The molecule has 1 amide bonds. The maximum atomic E-state index is 11.3. The van der Waals surface area contributed by atoms with E-state index in [1.54, 1.807) is 0 Å². The molecule has 3 nitrogen and oxygen atoms in total. The van der Waals surface area contributed by atoms with Crippen LogP contribution in [-0.4, -0.2) is 10.9 Å². The normalized spacial score (nSPS) is 11.2. The van der Waals surface area contributed by atoms with Crippen molar-refractivity contribution < 1.29 is 4.79 Å². The van der Waals surface area contributed by atoms with Gasteiger partial charge in [0.15, 0.2) is 0 Å². The molecule has 0 atom stereocenters. The van der Waals surface area contributed by atoms with E-state index in [-0.39, 0.29) is 5.91 Å². The Morgan fingerprint density at radius 1 is 1.12 bits per heavy atom. The van der Waals surface area contributed by atoms with Crippen LogP contribution in [0.5, 0.6) is 0 Å². The first-order valence-corrected chi connectivity index (χ1v) is 6.18. The van der Waals surface area contributed by atoms with Crippen LogP contribution in [0.25, 0.3) is 0 Å². The van der Waals surface area contributed by atoms with Gasteiger partial charge in [-0.1, -0.05) is 27.7 Å². The fourth-order valence-electron chi connectivity index (χ4n) is 1.84. The molecule has 1 rings (SSSR count). The van der Waals surface area contributed by atoms with Gasteiger partial charge < -0.3 is 5.73 Å². The summed E-state index contributed by atoms with van der Waals surface area (Å²) in [7, 11) is 0. The summed E-state index contributed by atoms with van der Waals surface area (Å²) < 4.78 is 0. The Balaban J connectivity index is 3.04. The van der Waals surface area contributed by atoms with E-state index >= 15 is 0 Å². The third-order valence-electron chi connectivity index (χ3n) is 2.45. The van der Waals surface area contributed by atoms with Gasteiger partial charge in [-0.15, -0.1) is 0 Å². The van der Waals surface area contributed by atoms with Gasteiger partial charge in [0.1, 0.15) is 0 Å². The molecule has 0 aliphatic carbocycles. The van der Waals surface area contributed by atoms with Crippen molar-refractivity contribution in [3.8, 4) is 0 Å². The Morgan fingerprint density at radius 3 is 1.82 bits per heavy atom. The topological polar surface area (TPSA) is 56.0 Å². The number of pyridine rings is 1. The number of hydrogen-bond acceptors (Lipinski definition) is 2. The molecule has 3 heteroatoms. The molecule has 0 saturated heterocycles. The van der Waals surface area contributed by atoms with Gasteiger partial charge in [0.05, 0.1) is 0 Å². The highest BCUT2D eigenvalue weighted by molar-refractivity contribution is 5.92. The van der Waals surface area contributed by atoms with E-state index in [0.29, 0.717) is 17.4 Å². The van der Waals surface area contributed by atoms with Gasteiger partial charge >= 0.3 is 0 Å². The summed E-state index contributed by atoms with van der Waals surface area (Å²) in [4.78, 5) is 15.9. The van der Waals surface area contributed by atoms with Crippen LogP contribution in [0.4, 0.5) is 0 Å². The molecule has 0 bridgehead atoms. The molecule has 0 saturated carbocycles. The van der Waals surface area contributed by atoms with Crippen molar-refractivity contribution in [2.75, 3.05) is 0 Å². The number of hydrogen-bond donors (Lipinski definition) is 1. The second kappa shape index (κ2) is 5.80. The van der Waals surface area contributed by atoms with Crippen LogP contribution in [0, 0.1) is 11.8 Å². The first-order chi connectivity index (χ1) is 7.88. The van der Waals surface area contributed by atoms with Crippen molar-refractivity contribution in [2.24, 2.45) is 17.6 Å². The van der Waals surface area contributed by atoms with Gasteiger partial charge in [0.25, 0.3) is 0 Å². The van der Waals surface area contributed by atoms with Crippen LogP contribution in [0.2, 0.25) is 0 Å². The van der Waals surface area contributed by atoms with Crippen molar-refractivity contribution in [3.05, 3.63) is 29.1 Å². The molecule has 94 valence electrons. The molecular weight excluding hydrogens is 212 g/mol. The summed E-state index contributed by atoms with van der Waals surface area (Å²) >= 11 is 0. The average Bonchev–Trinajstić information content (AvgIpc) is 2.14. The lowest BCUT2D eigenvalue weighted by atomic mass is 10.0. The summed E-state index contributed by atoms with van der Waals surface area (Å²) in [5.41, 5.74) is 7.85. The minimum atomic E-state index is -0.373. The lowest BCUT2D eigenvalue weighted by molar-refractivity contribution is 0.1000. The van der Waals surface area contributed by atoms with Crippen LogP contribution in [0.3, 0.4) is 0 Å². The van der Waals surface area contributed by atoms with E-state index in [1.165, 1.54) is 0 Å². The zero-order chi connectivity index (χ0) is 13.0. The second-order valence-electron chi connectivity index (χ2n) is 5.40. The van der Waals surface area contributed by atoms with Gasteiger partial charge in [-0.05, 0) is 36.8 Å². The molecule has 2 N–H and O–H groups in total. The fourth-order valence-corrected chi connectivity index (χ4v) is 1.84. The summed E-state index contributed by atoms with van der Waals surface area (Å²) in [6, 6.07) is 3.62. The van der Waals surface area contributed by atoms with E-state index in [4.69, 9.17) is 5.73 Å². The zero-order valence-corrected chi connectivity index (χ0v) is 11.2. The molecule has 0 aromatic carbocycles. The van der Waals surface area contributed by atoms with E-state index in [1.807, 2.05) is 12.1 Å². The molecule has 1 aromatic rings. The number of carbonyl (C=O) groups is 1. The minimum absolute atomic E-state index is 0.373. The van der Waals surface area contributed by atoms with Crippen LogP contribution < -0.4 is 5.73 Å². The molecule has 1 aromatic heterocycles. The largest absolute Gasteiger partial charge is 0.366 e. The van der Waals surface area contributed by atoms with Crippen LogP contribution in [-0.2, 0) is 12.8 Å². The van der Waals surface area contributed by atoms with Crippen molar-refractivity contribution in [3.63, 3.8) is 0 Å². The number of amides is 1. The number of carbonyl (C=O) groups excluding carboxylic acids is 1. The number of nitrogens with two attached hydrogens (primary N) is 1. The average molecular weight is 234 g/mol. The summed E-state index contributed by atoms with van der Waals surface area (Å²) in [5, 5.41) is 0. The zero-order valence-electron chi connectivity index (χ0n) is 11.2. The van der Waals surface area contributed by atoms with Gasteiger partial charge in [-0.2, -0.15) is 0 Å². The third kappa shape index (κ3) is 4.55. The maximum absolute atomic E-state index is 11.3. The Bertz CT molecular complexity index is 369. The van der Waals surface area contributed by atoms with E-state index in [9.17, 15) is 4.79 Å². The molecule has 0 aliphatic rings. The smallest absolute Gasteiger partial charge is 0.248 e. The maximum Gasteiger partial charge on any atom is 0.248 e. The van der Waals surface area contributed by atoms with Gasteiger partial charge in [0, 0.05) is 17.0 Å². The lowest BCUT2D eigenvalue weighted by Gasteiger charge is -2.10. The number of rotatable bonds is 5. The Morgan fingerprint density at radius 2 is 1.53 bits per heavy atom. The van der Waals surface area contributed by atoms with E-state index < -0.39 is 0 Å². The highest BCUT2D eigenvalue weighted by Crippen LogP contribution is 2.13. The Labute approximate surface area is 103 Å². The third-order valence-corrected chi connectivity index (χ3v) is 2.45. The first-order valence-electron chi connectivity index (χ1n) is 6.18. The Hall–Kier alpha value is -1.38. The van der Waals surface area contributed by atoms with Crippen molar-refractivity contribution in [1.29, 1.82) is 0 Å². The molecule has 0 radical (unpaired) electrons. The van der Waals surface area contributed by atoms with Gasteiger partial charge in [0.2, 0.25) is 5.91 Å². The molecule has 0 aliphatic heterocycles. The van der Waals surface area contributed by atoms with Crippen LogP contribution >= 0.6 is 0 Å². The molecular formula is C14H22N2O. The molecule has 0 fully saturated rings. The van der Waals surface area contributed by atoms with E-state index in [2.05, 4.69) is 32.7 Å². The first kappa shape index (κ1) is 13.7. The molecule has 17 heavy (non-hydrogen) atoms. The van der Waals surface area contributed by atoms with Crippen molar-refractivity contribution >= 4 is 5.91 Å². The van der Waals surface area contributed by atoms with E-state index in [0.717, 1.165) is 24.2 Å². The summed E-state index contributed by atoms with van der Waals surface area (Å²) in [6.45, 7) is 8.56. The second-order valence-corrected chi connectivity index (χ2v) is 5.40. The quantitative estimate of drug-likeness (QED) is 0.851. The standard InChI is InChI=1S/C14H22N2O/c1-9(2)5-12-7-11(14(15)17)8-13(16-12)6-10(3)4/h7-10H,5-6H2,1-4H3,(H2,15,17). The lowest BCUT2D eigenvalue weighted by Crippen LogP contribution is -2.14. The molecule has 1 heterocycles. The SMILES string of the molecule is CC(C)Cc1cc(C(N)=O)cc(CC(C)C)n1.